The Morgan fingerprint density at radius 1 is 0.509 bits per heavy atom. The zero-order chi connectivity index (χ0) is 36.3. The third-order valence-electron chi connectivity index (χ3n) is 14.2. The summed E-state index contributed by atoms with van der Waals surface area (Å²) in [5.41, 5.74) is 16.9. The van der Waals surface area contributed by atoms with Crippen LogP contribution < -0.4 is 4.90 Å². The number of anilines is 3. The Morgan fingerprint density at radius 2 is 1.11 bits per heavy atom. The van der Waals surface area contributed by atoms with E-state index in [1.54, 1.807) is 11.1 Å². The van der Waals surface area contributed by atoms with Crippen molar-refractivity contribution in [3.63, 3.8) is 0 Å². The van der Waals surface area contributed by atoms with Crippen molar-refractivity contribution >= 4 is 39.0 Å². The van der Waals surface area contributed by atoms with Gasteiger partial charge in [0.25, 0.3) is 0 Å². The van der Waals surface area contributed by atoms with E-state index in [0.29, 0.717) is 17.3 Å². The molecule has 0 N–H and O–H groups in total. The van der Waals surface area contributed by atoms with Gasteiger partial charge in [-0.3, -0.25) is 0 Å². The first kappa shape index (κ1) is 31.5. The Labute approximate surface area is 323 Å². The van der Waals surface area contributed by atoms with Gasteiger partial charge in [-0.2, -0.15) is 0 Å². The van der Waals surface area contributed by atoms with Gasteiger partial charge in [0.1, 0.15) is 11.2 Å². The van der Waals surface area contributed by atoms with Crippen LogP contribution in [0.3, 0.4) is 0 Å². The normalized spacial score (nSPS) is 24.4. The Balaban J connectivity index is 1.02. The topological polar surface area (TPSA) is 16.4 Å². The molecule has 7 aromatic carbocycles. The molecule has 3 unspecified atom stereocenters. The highest BCUT2D eigenvalue weighted by atomic mass is 16.3. The smallest absolute Gasteiger partial charge is 0.136 e. The summed E-state index contributed by atoms with van der Waals surface area (Å²) in [5, 5.41) is 2.32. The summed E-state index contributed by atoms with van der Waals surface area (Å²) in [6.45, 7) is 2.60. The molecule has 0 radical (unpaired) electrons. The van der Waals surface area contributed by atoms with Gasteiger partial charge in [0, 0.05) is 33.1 Å². The van der Waals surface area contributed by atoms with E-state index in [0.717, 1.165) is 39.1 Å². The summed E-state index contributed by atoms with van der Waals surface area (Å²) in [4.78, 5) is 2.52. The lowest BCUT2D eigenvalue weighted by atomic mass is 9.39. The molecule has 4 fully saturated rings. The summed E-state index contributed by atoms with van der Waals surface area (Å²) in [6.07, 6.45) is 6.87. The largest absolute Gasteiger partial charge is 0.456 e. The fourth-order valence-electron chi connectivity index (χ4n) is 12.4. The molecule has 5 aliphatic carbocycles. The van der Waals surface area contributed by atoms with Crippen molar-refractivity contribution in [2.75, 3.05) is 4.90 Å². The van der Waals surface area contributed by atoms with E-state index in [2.05, 4.69) is 170 Å². The average molecular weight is 710 g/mol. The number of para-hydroxylation sites is 1. The molecule has 5 atom stereocenters. The van der Waals surface area contributed by atoms with Crippen LogP contribution in [0.1, 0.15) is 50.2 Å². The quantitative estimate of drug-likeness (QED) is 0.177. The van der Waals surface area contributed by atoms with Gasteiger partial charge < -0.3 is 9.32 Å². The second-order valence-corrected chi connectivity index (χ2v) is 17.4. The van der Waals surface area contributed by atoms with E-state index in [4.69, 9.17) is 4.42 Å². The maximum Gasteiger partial charge on any atom is 0.136 e. The van der Waals surface area contributed by atoms with E-state index in [1.165, 1.54) is 71.3 Å². The minimum absolute atomic E-state index is 0.0976. The van der Waals surface area contributed by atoms with Crippen molar-refractivity contribution < 1.29 is 4.42 Å². The van der Waals surface area contributed by atoms with Crippen LogP contribution in [0.2, 0.25) is 0 Å². The predicted octanol–water partition coefficient (Wildman–Crippen LogP) is 14.5. The van der Waals surface area contributed by atoms with Crippen molar-refractivity contribution in [2.45, 2.75) is 44.4 Å². The molecule has 8 aromatic rings. The molecule has 55 heavy (non-hydrogen) atoms. The highest BCUT2D eigenvalue weighted by Crippen LogP contribution is 2.73. The molecule has 0 aliphatic heterocycles. The lowest BCUT2D eigenvalue weighted by molar-refractivity contribution is -0.0889. The molecule has 266 valence electrons. The average Bonchev–Trinajstić information content (AvgIpc) is 3.74. The Bertz CT molecular complexity index is 2760. The molecule has 1 aromatic heterocycles. The number of benzene rings is 7. The molecule has 1 heterocycles. The number of nitrogens with zero attached hydrogens (tertiary/aromatic N) is 1. The molecule has 0 amide bonds. The van der Waals surface area contributed by atoms with E-state index >= 15 is 0 Å². The molecule has 2 nitrogen and oxygen atoms in total. The summed E-state index contributed by atoms with van der Waals surface area (Å²) in [5.74, 6) is 2.28. The molecule has 13 rings (SSSR count). The monoisotopic (exact) mass is 709 g/mol. The standard InChI is InChI=1S/C53H43NO/c1-52-31-34-28-39(32-52)53(40(29-34)33-52)46-14-7-5-13-45(46)51-47(53)15-9-16-48(51)54(41-23-18-36(19-24-41)35-10-3-2-4-11-35)42-25-20-37(21-26-42)38-22-27-44-43-12-6-8-17-49(43)55-50(44)30-38/h2-27,30,34,39-40H,28-29,31-33H2,1H3/t34?,39-,40+,52?,53?. The number of hydrogen-bond donors (Lipinski definition) is 0. The lowest BCUT2D eigenvalue weighted by Gasteiger charge is -2.64. The fraction of sp³-hybridized carbons (Fsp3) is 0.208. The number of fused-ring (bicyclic) bond motifs is 6. The van der Waals surface area contributed by atoms with Gasteiger partial charge in [-0.05, 0) is 143 Å². The van der Waals surface area contributed by atoms with Crippen molar-refractivity contribution in [1.29, 1.82) is 0 Å². The maximum absolute atomic E-state index is 6.29. The molecule has 0 saturated heterocycles. The third-order valence-corrected chi connectivity index (χ3v) is 14.2. The van der Waals surface area contributed by atoms with Gasteiger partial charge in [0.05, 0.1) is 5.69 Å². The molecular formula is C53H43NO. The van der Waals surface area contributed by atoms with E-state index in [1.807, 2.05) is 6.07 Å². The number of furan rings is 1. The lowest BCUT2D eigenvalue weighted by Crippen LogP contribution is -2.58. The van der Waals surface area contributed by atoms with Crippen LogP contribution in [0.4, 0.5) is 17.1 Å². The van der Waals surface area contributed by atoms with Gasteiger partial charge >= 0.3 is 0 Å². The summed E-state index contributed by atoms with van der Waals surface area (Å²) in [6, 6.07) is 60.7. The zero-order valence-electron chi connectivity index (χ0n) is 31.2. The van der Waals surface area contributed by atoms with Crippen molar-refractivity contribution in [3.05, 3.63) is 175 Å². The van der Waals surface area contributed by atoms with Crippen LogP contribution >= 0.6 is 0 Å². The number of hydrogen-bond acceptors (Lipinski definition) is 2. The van der Waals surface area contributed by atoms with E-state index < -0.39 is 0 Å². The molecule has 2 heteroatoms. The van der Waals surface area contributed by atoms with Gasteiger partial charge in [-0.25, -0.2) is 0 Å². The molecule has 5 aliphatic rings. The summed E-state index contributed by atoms with van der Waals surface area (Å²) >= 11 is 0. The van der Waals surface area contributed by atoms with Crippen LogP contribution in [-0.4, -0.2) is 0 Å². The van der Waals surface area contributed by atoms with Crippen LogP contribution in [0.15, 0.2) is 168 Å². The van der Waals surface area contributed by atoms with Gasteiger partial charge in [-0.1, -0.05) is 122 Å². The third kappa shape index (κ3) is 4.55. The van der Waals surface area contributed by atoms with Gasteiger partial charge in [-0.15, -0.1) is 0 Å². The predicted molar refractivity (Wildman–Crippen MR) is 227 cm³/mol. The minimum Gasteiger partial charge on any atom is -0.456 e. The highest BCUT2D eigenvalue weighted by Gasteiger charge is 2.64. The second-order valence-electron chi connectivity index (χ2n) is 17.4. The fourth-order valence-corrected chi connectivity index (χ4v) is 12.4. The molecule has 1 spiro atoms. The highest BCUT2D eigenvalue weighted by molar-refractivity contribution is 6.06. The van der Waals surface area contributed by atoms with Crippen molar-refractivity contribution in [3.8, 4) is 33.4 Å². The van der Waals surface area contributed by atoms with Crippen LogP contribution in [0, 0.1) is 23.2 Å². The molecule has 4 saturated carbocycles. The first-order valence-electron chi connectivity index (χ1n) is 20.3. The first-order chi connectivity index (χ1) is 27.1. The Morgan fingerprint density at radius 3 is 1.85 bits per heavy atom. The van der Waals surface area contributed by atoms with Crippen molar-refractivity contribution in [2.24, 2.45) is 23.2 Å². The van der Waals surface area contributed by atoms with Crippen LogP contribution in [0.25, 0.3) is 55.3 Å². The van der Waals surface area contributed by atoms with E-state index in [-0.39, 0.29) is 5.41 Å². The van der Waals surface area contributed by atoms with Gasteiger partial charge in [0.15, 0.2) is 0 Å². The van der Waals surface area contributed by atoms with Gasteiger partial charge in [0.2, 0.25) is 0 Å². The maximum atomic E-state index is 6.29. The van der Waals surface area contributed by atoms with Crippen LogP contribution in [0.5, 0.6) is 0 Å². The second kappa shape index (κ2) is 11.6. The molecule has 4 bridgehead atoms. The minimum atomic E-state index is 0.0976. The van der Waals surface area contributed by atoms with E-state index in [9.17, 15) is 0 Å². The van der Waals surface area contributed by atoms with Crippen LogP contribution in [-0.2, 0) is 5.41 Å². The zero-order valence-corrected chi connectivity index (χ0v) is 31.2. The SMILES string of the molecule is CC12CC3C[C@H](C1)C1(c4ccccc4-c4c(N(c5ccc(-c6ccccc6)cc5)c5ccc(-c6ccc7c(c6)oc6ccccc67)cc5)cccc41)[C@@H](C3)C2. The summed E-state index contributed by atoms with van der Waals surface area (Å²) < 4.78 is 6.29. The molecular weight excluding hydrogens is 667 g/mol. The Kier molecular flexibility index (Phi) is 6.63. The number of rotatable bonds is 5. The first-order valence-corrected chi connectivity index (χ1v) is 20.3. The summed E-state index contributed by atoms with van der Waals surface area (Å²) in [7, 11) is 0. The van der Waals surface area contributed by atoms with Crippen molar-refractivity contribution in [1.82, 2.24) is 0 Å². The Hall–Kier alpha value is -5.86.